The summed E-state index contributed by atoms with van der Waals surface area (Å²) in [5, 5.41) is 0. The van der Waals surface area contributed by atoms with Gasteiger partial charge < -0.3 is 9.64 Å². The summed E-state index contributed by atoms with van der Waals surface area (Å²) in [5.74, 6) is -2.98. The highest BCUT2D eigenvalue weighted by atomic mass is 19.2. The summed E-state index contributed by atoms with van der Waals surface area (Å²) in [7, 11) is 0. The molecule has 94 valence electrons. The molecule has 2 saturated heterocycles. The summed E-state index contributed by atoms with van der Waals surface area (Å²) >= 11 is 0. The molecular formula is C12H9F2NO3. The van der Waals surface area contributed by atoms with Gasteiger partial charge in [-0.05, 0) is 18.2 Å². The maximum absolute atomic E-state index is 13.1. The SMILES string of the molecule is O=C1O[C@@H]2C[C@@H]1N(C(=O)c1ccc(F)c(F)c1)C2. The van der Waals surface area contributed by atoms with E-state index in [9.17, 15) is 18.4 Å². The molecule has 2 atom stereocenters. The number of hydrogen-bond donors (Lipinski definition) is 0. The van der Waals surface area contributed by atoms with E-state index in [2.05, 4.69) is 0 Å². The second-order valence-corrected chi connectivity index (χ2v) is 4.40. The normalized spacial score (nSPS) is 25.4. The van der Waals surface area contributed by atoms with Gasteiger partial charge in [-0.25, -0.2) is 13.6 Å². The zero-order valence-corrected chi connectivity index (χ0v) is 9.23. The molecule has 0 aliphatic carbocycles. The highest BCUT2D eigenvalue weighted by Gasteiger charge is 2.48. The van der Waals surface area contributed by atoms with E-state index in [4.69, 9.17) is 4.74 Å². The van der Waals surface area contributed by atoms with E-state index in [1.807, 2.05) is 0 Å². The van der Waals surface area contributed by atoms with E-state index in [1.54, 1.807) is 0 Å². The van der Waals surface area contributed by atoms with Gasteiger partial charge >= 0.3 is 5.97 Å². The van der Waals surface area contributed by atoms with Crippen molar-refractivity contribution in [3.63, 3.8) is 0 Å². The smallest absolute Gasteiger partial charge is 0.329 e. The Morgan fingerprint density at radius 3 is 2.72 bits per heavy atom. The lowest BCUT2D eigenvalue weighted by atomic mass is 10.1. The first kappa shape index (κ1) is 11.1. The molecular weight excluding hydrogens is 244 g/mol. The van der Waals surface area contributed by atoms with Crippen LogP contribution in [0.25, 0.3) is 0 Å². The van der Waals surface area contributed by atoms with Crippen LogP contribution in [0.1, 0.15) is 16.8 Å². The summed E-state index contributed by atoms with van der Waals surface area (Å²) in [6.45, 7) is 0.314. The molecule has 2 aliphatic rings. The van der Waals surface area contributed by atoms with Gasteiger partial charge in [0.1, 0.15) is 12.1 Å². The van der Waals surface area contributed by atoms with Crippen LogP contribution >= 0.6 is 0 Å². The molecule has 1 aromatic rings. The Hall–Kier alpha value is -1.98. The van der Waals surface area contributed by atoms with Crippen molar-refractivity contribution in [2.24, 2.45) is 0 Å². The predicted octanol–water partition coefficient (Wildman–Crippen LogP) is 1.10. The van der Waals surface area contributed by atoms with Crippen LogP contribution in [0.5, 0.6) is 0 Å². The van der Waals surface area contributed by atoms with Gasteiger partial charge in [0, 0.05) is 12.0 Å². The van der Waals surface area contributed by atoms with Crippen molar-refractivity contribution in [2.75, 3.05) is 6.54 Å². The molecule has 0 aromatic heterocycles. The summed E-state index contributed by atoms with van der Waals surface area (Å²) < 4.78 is 30.8. The van der Waals surface area contributed by atoms with Crippen LogP contribution in [0.2, 0.25) is 0 Å². The fourth-order valence-corrected chi connectivity index (χ4v) is 2.37. The fraction of sp³-hybridized carbons (Fsp3) is 0.333. The number of carbonyl (C=O) groups excluding carboxylic acids is 2. The number of esters is 1. The lowest BCUT2D eigenvalue weighted by molar-refractivity contribution is -0.149. The molecule has 0 N–H and O–H groups in total. The number of carbonyl (C=O) groups is 2. The van der Waals surface area contributed by atoms with Crippen molar-refractivity contribution in [1.82, 2.24) is 4.90 Å². The van der Waals surface area contributed by atoms with Crippen LogP contribution in [0, 0.1) is 11.6 Å². The monoisotopic (exact) mass is 253 g/mol. The quantitative estimate of drug-likeness (QED) is 0.704. The first-order valence-electron chi connectivity index (χ1n) is 5.53. The largest absolute Gasteiger partial charge is 0.459 e. The number of fused-ring (bicyclic) bond motifs is 2. The molecule has 0 radical (unpaired) electrons. The summed E-state index contributed by atoms with van der Waals surface area (Å²) in [6, 6.07) is 2.36. The number of hydrogen-bond acceptors (Lipinski definition) is 3. The van der Waals surface area contributed by atoms with Gasteiger partial charge in [-0.1, -0.05) is 0 Å². The van der Waals surface area contributed by atoms with Crippen LogP contribution in [-0.4, -0.2) is 35.5 Å². The second-order valence-electron chi connectivity index (χ2n) is 4.40. The van der Waals surface area contributed by atoms with Crippen molar-refractivity contribution in [3.05, 3.63) is 35.4 Å². The van der Waals surface area contributed by atoms with Crippen molar-refractivity contribution in [3.8, 4) is 0 Å². The molecule has 1 amide bonds. The highest BCUT2D eigenvalue weighted by Crippen LogP contribution is 2.30. The number of likely N-dealkylation sites (tertiary alicyclic amines) is 1. The zero-order chi connectivity index (χ0) is 12.9. The van der Waals surface area contributed by atoms with E-state index in [-0.39, 0.29) is 11.7 Å². The van der Waals surface area contributed by atoms with E-state index >= 15 is 0 Å². The Morgan fingerprint density at radius 1 is 1.33 bits per heavy atom. The summed E-state index contributed by atoms with van der Waals surface area (Å²) in [5.41, 5.74) is 0.0363. The van der Waals surface area contributed by atoms with Gasteiger partial charge in [0.2, 0.25) is 0 Å². The molecule has 2 fully saturated rings. The molecule has 0 saturated carbocycles. The average Bonchev–Trinajstić information content (AvgIpc) is 2.90. The number of nitrogens with zero attached hydrogens (tertiary/aromatic N) is 1. The lowest BCUT2D eigenvalue weighted by Gasteiger charge is -2.25. The Labute approximate surface area is 101 Å². The molecule has 1 aromatic carbocycles. The maximum Gasteiger partial charge on any atom is 0.329 e. The standard InChI is InChI=1S/C12H9F2NO3/c13-8-2-1-6(3-9(8)14)11(16)15-5-7-4-10(15)12(17)18-7/h1-3,7,10H,4-5H2/t7-,10+/m1/s1. The number of benzene rings is 1. The number of rotatable bonds is 1. The van der Waals surface area contributed by atoms with Crippen LogP contribution in [-0.2, 0) is 9.53 Å². The summed E-state index contributed by atoms with van der Waals surface area (Å²) in [6.07, 6.45) is 0.214. The molecule has 0 spiro atoms. The molecule has 18 heavy (non-hydrogen) atoms. The minimum Gasteiger partial charge on any atom is -0.459 e. The number of ether oxygens (including phenoxy) is 1. The molecule has 0 unspecified atom stereocenters. The number of amides is 1. The predicted molar refractivity (Wildman–Crippen MR) is 55.7 cm³/mol. The maximum atomic E-state index is 13.1. The van der Waals surface area contributed by atoms with Gasteiger partial charge in [0.15, 0.2) is 11.6 Å². The molecule has 3 rings (SSSR count). The van der Waals surface area contributed by atoms with Gasteiger partial charge in [0.05, 0.1) is 6.54 Å². The number of morpholine rings is 1. The zero-order valence-electron chi connectivity index (χ0n) is 9.23. The van der Waals surface area contributed by atoms with E-state index in [1.165, 1.54) is 11.0 Å². The van der Waals surface area contributed by atoms with Crippen LogP contribution in [0.3, 0.4) is 0 Å². The van der Waals surface area contributed by atoms with Gasteiger partial charge in [-0.3, -0.25) is 4.79 Å². The minimum absolute atomic E-state index is 0.0363. The molecule has 6 heteroatoms. The van der Waals surface area contributed by atoms with Gasteiger partial charge in [0.25, 0.3) is 5.91 Å². The van der Waals surface area contributed by atoms with E-state index in [0.29, 0.717) is 13.0 Å². The Bertz CT molecular complexity index is 546. The average molecular weight is 253 g/mol. The molecule has 4 nitrogen and oxygen atoms in total. The van der Waals surface area contributed by atoms with Crippen LogP contribution < -0.4 is 0 Å². The van der Waals surface area contributed by atoms with Crippen molar-refractivity contribution < 1.29 is 23.1 Å². The van der Waals surface area contributed by atoms with Crippen LogP contribution in [0.4, 0.5) is 8.78 Å². The topological polar surface area (TPSA) is 46.6 Å². The van der Waals surface area contributed by atoms with Crippen molar-refractivity contribution in [2.45, 2.75) is 18.6 Å². The van der Waals surface area contributed by atoms with Gasteiger partial charge in [-0.15, -0.1) is 0 Å². The Kier molecular flexibility index (Phi) is 2.33. The second kappa shape index (κ2) is 3.76. The third-order valence-corrected chi connectivity index (χ3v) is 3.25. The van der Waals surface area contributed by atoms with Gasteiger partial charge in [-0.2, -0.15) is 0 Å². The van der Waals surface area contributed by atoms with E-state index in [0.717, 1.165) is 12.1 Å². The summed E-state index contributed by atoms with van der Waals surface area (Å²) in [4.78, 5) is 24.8. The molecule has 2 aliphatic heterocycles. The fourth-order valence-electron chi connectivity index (χ4n) is 2.37. The third kappa shape index (κ3) is 1.56. The molecule has 2 heterocycles. The lowest BCUT2D eigenvalue weighted by Crippen LogP contribution is -2.44. The minimum atomic E-state index is -1.08. The first-order chi connectivity index (χ1) is 8.56. The molecule has 2 bridgehead atoms. The Balaban J connectivity index is 1.87. The van der Waals surface area contributed by atoms with Crippen molar-refractivity contribution in [1.29, 1.82) is 0 Å². The number of halogens is 2. The Morgan fingerprint density at radius 2 is 2.11 bits per heavy atom. The third-order valence-electron chi connectivity index (χ3n) is 3.25. The highest BCUT2D eigenvalue weighted by molar-refractivity contribution is 5.98. The van der Waals surface area contributed by atoms with E-state index < -0.39 is 29.6 Å². The van der Waals surface area contributed by atoms with Crippen LogP contribution in [0.15, 0.2) is 18.2 Å². The first-order valence-corrected chi connectivity index (χ1v) is 5.53. The van der Waals surface area contributed by atoms with Crippen molar-refractivity contribution >= 4 is 11.9 Å².